The maximum atomic E-state index is 10.8. The smallest absolute Gasteiger partial charge is 0.161 e. The maximum Gasteiger partial charge on any atom is 0.161 e. The highest BCUT2D eigenvalue weighted by Gasteiger charge is 2.16. The number of rotatable bonds is 4. The fraction of sp³-hybridized carbons (Fsp3) is 0.143. The molecule has 4 rings (SSSR count). The number of hydrogen-bond donors (Lipinski definition) is 1. The molecule has 0 bridgehead atoms. The van der Waals surface area contributed by atoms with Gasteiger partial charge in [-0.05, 0) is 52.1 Å². The van der Waals surface area contributed by atoms with Crippen molar-refractivity contribution in [3.63, 3.8) is 0 Å². The third-order valence-corrected chi connectivity index (χ3v) is 5.55. The maximum absolute atomic E-state index is 10.8. The van der Waals surface area contributed by atoms with Crippen LogP contribution in [-0.2, 0) is 0 Å². The number of thiophene rings is 1. The molecule has 1 atom stereocenters. The molecule has 0 aliphatic rings. The van der Waals surface area contributed by atoms with E-state index in [1.54, 1.807) is 25.6 Å². The molecule has 1 N–H and O–H groups in total. The van der Waals surface area contributed by atoms with Crippen molar-refractivity contribution in [3.8, 4) is 11.5 Å². The van der Waals surface area contributed by atoms with Crippen LogP contribution in [0.2, 0.25) is 0 Å². The quantitative estimate of drug-likeness (QED) is 0.553. The summed E-state index contributed by atoms with van der Waals surface area (Å²) in [4.78, 5) is 0.914. The molecule has 0 saturated heterocycles. The minimum atomic E-state index is -0.694. The fourth-order valence-electron chi connectivity index (χ4n) is 3.07. The molecule has 1 heterocycles. The van der Waals surface area contributed by atoms with Crippen LogP contribution in [0.4, 0.5) is 0 Å². The van der Waals surface area contributed by atoms with Gasteiger partial charge in [-0.3, -0.25) is 0 Å². The molecular weight excluding hydrogens is 332 g/mol. The Bertz CT molecular complexity index is 999. The van der Waals surface area contributed by atoms with E-state index in [4.69, 9.17) is 9.47 Å². The van der Waals surface area contributed by atoms with Gasteiger partial charge >= 0.3 is 0 Å². The summed E-state index contributed by atoms with van der Waals surface area (Å²) < 4.78 is 11.8. The van der Waals surface area contributed by atoms with E-state index in [1.807, 2.05) is 30.3 Å². The van der Waals surface area contributed by atoms with Crippen LogP contribution in [-0.4, -0.2) is 19.3 Å². The van der Waals surface area contributed by atoms with E-state index >= 15 is 0 Å². The standard InChI is InChI=1S/C21H18O3S/c1-23-17-8-7-15(10-18(17)24-2)21(22)20-12-16-9-13-5-3-4-6-14(13)11-19(16)25-20/h3-12,21-22H,1-2H3/t21-/m1/s1. The van der Waals surface area contributed by atoms with E-state index < -0.39 is 6.10 Å². The van der Waals surface area contributed by atoms with Gasteiger partial charge in [-0.15, -0.1) is 11.3 Å². The Morgan fingerprint density at radius 2 is 1.52 bits per heavy atom. The van der Waals surface area contributed by atoms with E-state index in [2.05, 4.69) is 30.3 Å². The van der Waals surface area contributed by atoms with Crippen molar-refractivity contribution in [1.82, 2.24) is 0 Å². The third-order valence-electron chi connectivity index (χ3n) is 4.40. The minimum Gasteiger partial charge on any atom is -0.493 e. The van der Waals surface area contributed by atoms with Crippen LogP contribution in [0.15, 0.2) is 60.7 Å². The van der Waals surface area contributed by atoms with E-state index in [9.17, 15) is 5.11 Å². The second kappa shape index (κ2) is 6.39. The van der Waals surface area contributed by atoms with Crippen molar-refractivity contribution < 1.29 is 14.6 Å². The lowest BCUT2D eigenvalue weighted by Crippen LogP contribution is -1.99. The predicted octanol–water partition coefficient (Wildman–Crippen LogP) is 5.15. The number of ether oxygens (including phenoxy) is 2. The summed E-state index contributed by atoms with van der Waals surface area (Å²) in [5.41, 5.74) is 0.786. The van der Waals surface area contributed by atoms with Gasteiger partial charge in [0.1, 0.15) is 6.10 Å². The Balaban J connectivity index is 1.77. The Labute approximate surface area is 150 Å². The second-order valence-corrected chi connectivity index (χ2v) is 7.02. The van der Waals surface area contributed by atoms with Crippen LogP contribution in [0.5, 0.6) is 11.5 Å². The lowest BCUT2D eigenvalue weighted by molar-refractivity contribution is 0.223. The third kappa shape index (κ3) is 2.84. The van der Waals surface area contributed by atoms with Crippen LogP contribution >= 0.6 is 11.3 Å². The molecule has 0 aliphatic carbocycles. The molecule has 4 aromatic rings. The van der Waals surface area contributed by atoms with Crippen molar-refractivity contribution >= 4 is 32.2 Å². The number of methoxy groups -OCH3 is 2. The monoisotopic (exact) mass is 350 g/mol. The van der Waals surface area contributed by atoms with Gasteiger partial charge in [0, 0.05) is 9.58 Å². The fourth-order valence-corrected chi connectivity index (χ4v) is 4.18. The van der Waals surface area contributed by atoms with E-state index in [1.165, 1.54) is 15.5 Å². The molecule has 0 spiro atoms. The number of aliphatic hydroxyl groups is 1. The number of hydrogen-bond acceptors (Lipinski definition) is 4. The first kappa shape index (κ1) is 15.9. The minimum absolute atomic E-state index is 0.617. The topological polar surface area (TPSA) is 38.7 Å². The number of benzene rings is 3. The molecule has 0 fully saturated rings. The first-order valence-corrected chi connectivity index (χ1v) is 8.83. The molecule has 126 valence electrons. The summed E-state index contributed by atoms with van der Waals surface area (Å²) in [7, 11) is 3.20. The summed E-state index contributed by atoms with van der Waals surface area (Å²) >= 11 is 1.62. The van der Waals surface area contributed by atoms with Gasteiger partial charge < -0.3 is 14.6 Å². The molecule has 4 heteroatoms. The first-order valence-electron chi connectivity index (χ1n) is 8.02. The van der Waals surface area contributed by atoms with Crippen molar-refractivity contribution in [3.05, 3.63) is 71.1 Å². The summed E-state index contributed by atoms with van der Waals surface area (Å²) in [5.74, 6) is 1.27. The Morgan fingerprint density at radius 3 is 2.24 bits per heavy atom. The molecule has 3 aromatic carbocycles. The molecule has 0 amide bonds. The van der Waals surface area contributed by atoms with Crippen LogP contribution in [0.3, 0.4) is 0 Å². The van der Waals surface area contributed by atoms with E-state index in [0.29, 0.717) is 11.5 Å². The van der Waals surface area contributed by atoms with Crippen LogP contribution in [0, 0.1) is 0 Å². The zero-order chi connectivity index (χ0) is 17.4. The van der Waals surface area contributed by atoms with E-state index in [0.717, 1.165) is 15.8 Å². The lowest BCUT2D eigenvalue weighted by Gasteiger charge is -2.13. The number of aliphatic hydroxyl groups excluding tert-OH is 1. The lowest BCUT2D eigenvalue weighted by atomic mass is 10.1. The molecule has 1 aromatic heterocycles. The highest BCUT2D eigenvalue weighted by Crippen LogP contribution is 2.37. The zero-order valence-corrected chi connectivity index (χ0v) is 14.8. The van der Waals surface area contributed by atoms with Crippen LogP contribution in [0.1, 0.15) is 16.5 Å². The highest BCUT2D eigenvalue weighted by molar-refractivity contribution is 7.19. The first-order chi connectivity index (χ1) is 12.2. The SMILES string of the molecule is COc1ccc([C@@H](O)c2cc3cc4ccccc4cc3s2)cc1OC. The van der Waals surface area contributed by atoms with Gasteiger partial charge in [0.25, 0.3) is 0 Å². The van der Waals surface area contributed by atoms with Crippen LogP contribution < -0.4 is 9.47 Å². The van der Waals surface area contributed by atoms with Crippen molar-refractivity contribution in [2.45, 2.75) is 6.10 Å². The highest BCUT2D eigenvalue weighted by atomic mass is 32.1. The van der Waals surface area contributed by atoms with Gasteiger partial charge in [-0.2, -0.15) is 0 Å². The molecule has 3 nitrogen and oxygen atoms in total. The molecule has 0 unspecified atom stereocenters. The largest absolute Gasteiger partial charge is 0.493 e. The van der Waals surface area contributed by atoms with Crippen molar-refractivity contribution in [1.29, 1.82) is 0 Å². The molecular formula is C21H18O3S. The summed E-state index contributed by atoms with van der Waals surface area (Å²) in [6.45, 7) is 0. The Kier molecular flexibility index (Phi) is 4.07. The second-order valence-electron chi connectivity index (χ2n) is 5.90. The molecule has 0 saturated carbocycles. The average Bonchev–Trinajstić information content (AvgIpc) is 3.07. The van der Waals surface area contributed by atoms with Crippen molar-refractivity contribution in [2.24, 2.45) is 0 Å². The molecule has 0 radical (unpaired) electrons. The summed E-state index contributed by atoms with van der Waals surface area (Å²) in [6.07, 6.45) is -0.694. The van der Waals surface area contributed by atoms with Gasteiger partial charge in [0.05, 0.1) is 14.2 Å². The Morgan fingerprint density at radius 1 is 0.800 bits per heavy atom. The van der Waals surface area contributed by atoms with Gasteiger partial charge in [-0.1, -0.05) is 30.3 Å². The van der Waals surface area contributed by atoms with Crippen molar-refractivity contribution in [2.75, 3.05) is 14.2 Å². The van der Waals surface area contributed by atoms with Gasteiger partial charge in [0.15, 0.2) is 11.5 Å². The zero-order valence-electron chi connectivity index (χ0n) is 14.0. The van der Waals surface area contributed by atoms with Crippen LogP contribution in [0.25, 0.3) is 20.9 Å². The summed E-state index contributed by atoms with van der Waals surface area (Å²) in [5, 5.41) is 14.4. The Hall–Kier alpha value is -2.56. The normalized spacial score (nSPS) is 12.4. The predicted molar refractivity (Wildman–Crippen MR) is 103 cm³/mol. The average molecular weight is 350 g/mol. The van der Waals surface area contributed by atoms with E-state index in [-0.39, 0.29) is 0 Å². The summed E-state index contributed by atoms with van der Waals surface area (Å²) in [6, 6.07) is 20.2. The van der Waals surface area contributed by atoms with Gasteiger partial charge in [-0.25, -0.2) is 0 Å². The number of fused-ring (bicyclic) bond motifs is 2. The van der Waals surface area contributed by atoms with Gasteiger partial charge in [0.2, 0.25) is 0 Å². The molecule has 25 heavy (non-hydrogen) atoms. The molecule has 0 aliphatic heterocycles.